The number of para-hydroxylation sites is 2. The Labute approximate surface area is 265 Å². The Morgan fingerprint density at radius 2 is 0.814 bits per heavy atom. The van der Waals surface area contributed by atoms with Gasteiger partial charge < -0.3 is 9.13 Å². The molecule has 0 aliphatic heterocycles. The maximum absolute atomic E-state index is 2.49. The Morgan fingerprint density at radius 1 is 0.465 bits per heavy atom. The SMILES string of the molecule is Cc1ccc(SC(C)(C)n2cc(C(C)(C)c3cn(C(C)(C)Sc4ccc(C)cc4)c4ccccc34)c3ccccc32)cc1. The van der Waals surface area contributed by atoms with E-state index in [4.69, 9.17) is 0 Å². The highest BCUT2D eigenvalue weighted by Crippen LogP contribution is 2.47. The van der Waals surface area contributed by atoms with E-state index in [9.17, 15) is 0 Å². The van der Waals surface area contributed by atoms with E-state index in [1.165, 1.54) is 53.9 Å². The summed E-state index contributed by atoms with van der Waals surface area (Å²) in [6.45, 7) is 18.4. The van der Waals surface area contributed by atoms with E-state index < -0.39 is 0 Å². The third-order valence-electron chi connectivity index (χ3n) is 8.71. The molecule has 2 heterocycles. The fourth-order valence-electron chi connectivity index (χ4n) is 6.28. The number of hydrogen-bond donors (Lipinski definition) is 0. The van der Waals surface area contributed by atoms with E-state index in [0.717, 1.165) is 0 Å². The van der Waals surface area contributed by atoms with Gasteiger partial charge in [0.25, 0.3) is 0 Å². The zero-order valence-electron chi connectivity index (χ0n) is 26.6. The van der Waals surface area contributed by atoms with Crippen LogP contribution < -0.4 is 0 Å². The van der Waals surface area contributed by atoms with Crippen molar-refractivity contribution in [3.63, 3.8) is 0 Å². The zero-order valence-corrected chi connectivity index (χ0v) is 28.2. The first-order valence-electron chi connectivity index (χ1n) is 15.1. The van der Waals surface area contributed by atoms with Gasteiger partial charge in [-0.15, -0.1) is 0 Å². The first-order chi connectivity index (χ1) is 20.4. The van der Waals surface area contributed by atoms with Crippen LogP contribution in [0, 0.1) is 13.8 Å². The van der Waals surface area contributed by atoms with Crippen LogP contribution in [0.25, 0.3) is 21.8 Å². The second-order valence-electron chi connectivity index (χ2n) is 13.2. The summed E-state index contributed by atoms with van der Waals surface area (Å²) >= 11 is 3.82. The summed E-state index contributed by atoms with van der Waals surface area (Å²) < 4.78 is 4.97. The number of fused-ring (bicyclic) bond motifs is 2. The van der Waals surface area contributed by atoms with Crippen LogP contribution in [0.15, 0.2) is 119 Å². The normalized spacial score (nSPS) is 12.8. The second kappa shape index (κ2) is 11.0. The van der Waals surface area contributed by atoms with E-state index in [0.29, 0.717) is 0 Å². The maximum Gasteiger partial charge on any atom is 0.0893 e. The fraction of sp³-hybridized carbons (Fsp3) is 0.282. The van der Waals surface area contributed by atoms with Gasteiger partial charge in [0.15, 0.2) is 0 Å². The Morgan fingerprint density at radius 3 is 1.19 bits per heavy atom. The lowest BCUT2D eigenvalue weighted by Gasteiger charge is -2.29. The molecule has 0 unspecified atom stereocenters. The summed E-state index contributed by atoms with van der Waals surface area (Å²) in [6.07, 6.45) is 4.84. The lowest BCUT2D eigenvalue weighted by atomic mass is 9.78. The molecule has 6 aromatic rings. The van der Waals surface area contributed by atoms with Gasteiger partial charge in [-0.1, -0.05) is 109 Å². The molecule has 4 heteroatoms. The first kappa shape index (κ1) is 29.7. The van der Waals surface area contributed by atoms with Gasteiger partial charge in [-0.25, -0.2) is 0 Å². The summed E-state index contributed by atoms with van der Waals surface area (Å²) in [4.78, 5) is 2.21. The minimum atomic E-state index is -0.231. The number of aryl methyl sites for hydroxylation is 2. The molecule has 4 aromatic carbocycles. The van der Waals surface area contributed by atoms with Crippen LogP contribution in [0.5, 0.6) is 0 Å². The van der Waals surface area contributed by atoms with Gasteiger partial charge in [-0.2, -0.15) is 0 Å². The molecule has 0 radical (unpaired) electrons. The highest BCUT2D eigenvalue weighted by molar-refractivity contribution is 8.00. The van der Waals surface area contributed by atoms with Crippen LogP contribution >= 0.6 is 23.5 Å². The first-order valence-corrected chi connectivity index (χ1v) is 16.7. The predicted octanol–water partition coefficient (Wildman–Crippen LogP) is 11.5. The lowest BCUT2D eigenvalue weighted by Crippen LogP contribution is -2.23. The van der Waals surface area contributed by atoms with E-state index in [1.807, 2.05) is 23.5 Å². The number of thioether (sulfide) groups is 2. The van der Waals surface area contributed by atoms with Crippen molar-refractivity contribution in [2.24, 2.45) is 0 Å². The zero-order chi connectivity index (χ0) is 30.6. The van der Waals surface area contributed by atoms with E-state index in [-0.39, 0.29) is 15.2 Å². The second-order valence-corrected chi connectivity index (χ2v) is 16.6. The molecular formula is C39H42N2S2. The molecule has 6 rings (SSSR count). The van der Waals surface area contributed by atoms with Crippen molar-refractivity contribution in [3.05, 3.63) is 132 Å². The van der Waals surface area contributed by atoms with Gasteiger partial charge >= 0.3 is 0 Å². The van der Waals surface area contributed by atoms with Crippen molar-refractivity contribution in [2.75, 3.05) is 0 Å². The van der Waals surface area contributed by atoms with Gasteiger partial charge in [0.05, 0.1) is 9.74 Å². The van der Waals surface area contributed by atoms with Gasteiger partial charge in [0.1, 0.15) is 0 Å². The number of rotatable bonds is 8. The average Bonchev–Trinajstić information content (AvgIpc) is 3.57. The minimum absolute atomic E-state index is 0.177. The van der Waals surface area contributed by atoms with Crippen molar-refractivity contribution in [2.45, 2.75) is 80.3 Å². The quantitative estimate of drug-likeness (QED) is 0.160. The summed E-state index contributed by atoms with van der Waals surface area (Å²) in [7, 11) is 0. The van der Waals surface area contributed by atoms with Crippen LogP contribution in [0.2, 0.25) is 0 Å². The number of aromatic nitrogens is 2. The van der Waals surface area contributed by atoms with Crippen molar-refractivity contribution in [1.29, 1.82) is 0 Å². The standard InChI is InChI=1S/C39H42N2S2/c1-27-17-21-29(22-18-27)42-38(5,6)40-25-33(31-13-9-11-15-35(31)40)37(3,4)34-26-41(36-16-12-10-14-32(34)36)39(7,8)43-30-23-19-28(2)20-24-30/h9-26H,1-8H3. The highest BCUT2D eigenvalue weighted by Gasteiger charge is 2.35. The number of nitrogens with zero attached hydrogens (tertiary/aromatic N) is 2. The molecule has 0 atom stereocenters. The number of benzene rings is 4. The molecule has 0 aliphatic carbocycles. The molecule has 0 N–H and O–H groups in total. The molecule has 220 valence electrons. The van der Waals surface area contributed by atoms with Crippen molar-refractivity contribution in [1.82, 2.24) is 9.13 Å². The van der Waals surface area contributed by atoms with Crippen molar-refractivity contribution in [3.8, 4) is 0 Å². The molecule has 0 bridgehead atoms. The molecule has 43 heavy (non-hydrogen) atoms. The van der Waals surface area contributed by atoms with Crippen LogP contribution in [-0.2, 0) is 15.2 Å². The molecule has 2 aromatic heterocycles. The minimum Gasteiger partial charge on any atom is -0.332 e. The average molecular weight is 603 g/mol. The van der Waals surface area contributed by atoms with Crippen molar-refractivity contribution < 1.29 is 0 Å². The molecule has 0 aliphatic rings. The third-order valence-corrected chi connectivity index (χ3v) is 11.1. The van der Waals surface area contributed by atoms with E-state index in [1.54, 1.807) is 0 Å². The Bertz CT molecular complexity index is 1760. The molecule has 0 saturated carbocycles. The van der Waals surface area contributed by atoms with E-state index >= 15 is 0 Å². The Balaban J connectivity index is 1.46. The third kappa shape index (κ3) is 5.56. The van der Waals surface area contributed by atoms with Gasteiger partial charge in [0.2, 0.25) is 0 Å². The monoisotopic (exact) mass is 602 g/mol. The molecular weight excluding hydrogens is 561 g/mol. The van der Waals surface area contributed by atoms with Crippen LogP contribution in [0.4, 0.5) is 0 Å². The van der Waals surface area contributed by atoms with Crippen LogP contribution in [-0.4, -0.2) is 9.13 Å². The van der Waals surface area contributed by atoms with Crippen LogP contribution in [0.1, 0.15) is 63.8 Å². The number of hydrogen-bond acceptors (Lipinski definition) is 2. The maximum atomic E-state index is 2.49. The summed E-state index contributed by atoms with van der Waals surface area (Å²) in [5.41, 5.74) is 7.60. The molecule has 0 saturated heterocycles. The fourth-order valence-corrected chi connectivity index (χ4v) is 8.48. The molecule has 2 nitrogen and oxygen atoms in total. The molecule has 0 amide bonds. The van der Waals surface area contributed by atoms with Gasteiger partial charge in [0, 0.05) is 49.4 Å². The Hall–Kier alpha value is -3.34. The topological polar surface area (TPSA) is 9.86 Å². The Kier molecular flexibility index (Phi) is 7.59. The van der Waals surface area contributed by atoms with Gasteiger partial charge in [-0.05, 0) is 89.1 Å². The summed E-state index contributed by atoms with van der Waals surface area (Å²) in [6, 6.07) is 35.6. The van der Waals surface area contributed by atoms with E-state index in [2.05, 4.69) is 174 Å². The molecule has 0 fully saturated rings. The molecule has 0 spiro atoms. The predicted molar refractivity (Wildman–Crippen MR) is 189 cm³/mol. The summed E-state index contributed by atoms with van der Waals surface area (Å²) in [5, 5.41) is 2.63. The van der Waals surface area contributed by atoms with Crippen molar-refractivity contribution >= 4 is 45.3 Å². The largest absolute Gasteiger partial charge is 0.332 e. The summed E-state index contributed by atoms with van der Waals surface area (Å²) in [5.74, 6) is 0. The van der Waals surface area contributed by atoms with Crippen LogP contribution in [0.3, 0.4) is 0 Å². The van der Waals surface area contributed by atoms with Gasteiger partial charge in [-0.3, -0.25) is 0 Å². The smallest absolute Gasteiger partial charge is 0.0893 e. The highest BCUT2D eigenvalue weighted by atomic mass is 32.2. The lowest BCUT2D eigenvalue weighted by molar-refractivity contribution is 0.542.